The number of fused-ring (bicyclic) bond motifs is 1. The number of carbonyl (C=O) groups excluding carboxylic acids is 1. The maximum Gasteiger partial charge on any atom is 0.232 e. The summed E-state index contributed by atoms with van der Waals surface area (Å²) in [6.07, 6.45) is 0. The molecule has 1 amide bonds. The van der Waals surface area contributed by atoms with Crippen molar-refractivity contribution < 1.29 is 4.79 Å². The Morgan fingerprint density at radius 1 is 1.19 bits per heavy atom. The predicted octanol–water partition coefficient (Wildman–Crippen LogP) is 3.81. The first-order valence-corrected chi connectivity index (χ1v) is 8.32. The van der Waals surface area contributed by atoms with E-state index in [1.54, 1.807) is 0 Å². The molecule has 0 saturated carbocycles. The first-order valence-electron chi connectivity index (χ1n) is 7.33. The van der Waals surface area contributed by atoms with Crippen LogP contribution in [0.2, 0.25) is 0 Å². The molecule has 0 saturated heterocycles. The zero-order valence-electron chi connectivity index (χ0n) is 13.1. The molecule has 0 aliphatic carbocycles. The van der Waals surface area contributed by atoms with Crippen LogP contribution in [0.5, 0.6) is 0 Å². The predicted molar refractivity (Wildman–Crippen MR) is 89.9 cm³/mol. The third-order valence-corrected chi connectivity index (χ3v) is 4.64. The van der Waals surface area contributed by atoms with Crippen molar-refractivity contribution in [2.45, 2.75) is 32.7 Å². The van der Waals surface area contributed by atoms with Crippen molar-refractivity contribution in [3.63, 3.8) is 0 Å². The van der Waals surface area contributed by atoms with E-state index in [9.17, 15) is 4.79 Å². The molecule has 0 bridgehead atoms. The Morgan fingerprint density at radius 3 is 2.57 bits per heavy atom. The minimum absolute atomic E-state index is 0.176. The molecule has 2 rings (SSSR count). The van der Waals surface area contributed by atoms with E-state index >= 15 is 0 Å². The summed E-state index contributed by atoms with van der Waals surface area (Å²) < 4.78 is 0. The van der Waals surface area contributed by atoms with E-state index in [2.05, 4.69) is 38.1 Å². The van der Waals surface area contributed by atoms with E-state index in [-0.39, 0.29) is 5.91 Å². The maximum atomic E-state index is 12.1. The molecule has 0 aliphatic heterocycles. The van der Waals surface area contributed by atoms with Crippen molar-refractivity contribution in [1.29, 1.82) is 0 Å². The Morgan fingerprint density at radius 2 is 1.90 bits per heavy atom. The molecule has 3 nitrogen and oxygen atoms in total. The van der Waals surface area contributed by atoms with E-state index in [1.165, 1.54) is 17.3 Å². The van der Waals surface area contributed by atoms with Gasteiger partial charge in [0, 0.05) is 18.5 Å². The summed E-state index contributed by atoms with van der Waals surface area (Å²) in [5.74, 6) is 0.628. The number of hydrogen-bond acceptors (Lipinski definition) is 3. The van der Waals surface area contributed by atoms with Gasteiger partial charge in [0.15, 0.2) is 0 Å². The molecule has 0 fully saturated rings. The standard InChI is InChI=1S/C17H22N2OS/c1-5-19(6-2)16(20)11-21-17-13(4)10-14-8-7-12(3)9-15(14)18-17/h7-10H,5-6,11H2,1-4H3. The fraction of sp³-hybridized carbons (Fsp3) is 0.412. The van der Waals surface area contributed by atoms with Gasteiger partial charge >= 0.3 is 0 Å². The quantitative estimate of drug-likeness (QED) is 0.787. The Hall–Kier alpha value is -1.55. The Labute approximate surface area is 130 Å². The smallest absolute Gasteiger partial charge is 0.232 e. The molecule has 1 heterocycles. The van der Waals surface area contributed by atoms with E-state index in [4.69, 9.17) is 4.98 Å². The number of carbonyl (C=O) groups is 1. The topological polar surface area (TPSA) is 33.2 Å². The van der Waals surface area contributed by atoms with Crippen LogP contribution in [-0.2, 0) is 4.79 Å². The molecule has 0 spiro atoms. The van der Waals surface area contributed by atoms with Gasteiger partial charge < -0.3 is 4.90 Å². The van der Waals surface area contributed by atoms with Crippen LogP contribution in [0, 0.1) is 13.8 Å². The van der Waals surface area contributed by atoms with Gasteiger partial charge in [-0.3, -0.25) is 4.79 Å². The minimum Gasteiger partial charge on any atom is -0.343 e. The van der Waals surface area contributed by atoms with Crippen LogP contribution in [0.1, 0.15) is 25.0 Å². The molecule has 1 aromatic heterocycles. The second kappa shape index (κ2) is 6.94. The fourth-order valence-electron chi connectivity index (χ4n) is 2.31. The number of aromatic nitrogens is 1. The highest BCUT2D eigenvalue weighted by Crippen LogP contribution is 2.25. The molecular weight excluding hydrogens is 280 g/mol. The molecule has 0 atom stereocenters. The van der Waals surface area contributed by atoms with Crippen LogP contribution in [-0.4, -0.2) is 34.6 Å². The number of pyridine rings is 1. The van der Waals surface area contributed by atoms with Gasteiger partial charge in [-0.05, 0) is 51.0 Å². The van der Waals surface area contributed by atoms with Gasteiger partial charge in [0.2, 0.25) is 5.91 Å². The molecule has 2 aromatic rings. The van der Waals surface area contributed by atoms with E-state index in [0.717, 1.165) is 34.6 Å². The zero-order chi connectivity index (χ0) is 15.4. The molecule has 0 aliphatic rings. The SMILES string of the molecule is CCN(CC)C(=O)CSc1nc2cc(C)ccc2cc1C. The monoisotopic (exact) mass is 302 g/mol. The number of rotatable bonds is 5. The van der Waals surface area contributed by atoms with Crippen LogP contribution < -0.4 is 0 Å². The third-order valence-electron chi connectivity index (χ3n) is 3.57. The van der Waals surface area contributed by atoms with E-state index < -0.39 is 0 Å². The summed E-state index contributed by atoms with van der Waals surface area (Å²) in [4.78, 5) is 18.7. The fourth-order valence-corrected chi connectivity index (χ4v) is 3.20. The molecule has 21 heavy (non-hydrogen) atoms. The number of aryl methyl sites for hydroxylation is 2. The first kappa shape index (κ1) is 15.8. The van der Waals surface area contributed by atoms with Crippen LogP contribution in [0.15, 0.2) is 29.3 Å². The zero-order valence-corrected chi connectivity index (χ0v) is 14.0. The van der Waals surface area contributed by atoms with Gasteiger partial charge in [0.1, 0.15) is 5.03 Å². The van der Waals surface area contributed by atoms with Crippen LogP contribution in [0.25, 0.3) is 10.9 Å². The van der Waals surface area contributed by atoms with Crippen molar-refractivity contribution in [2.75, 3.05) is 18.8 Å². The van der Waals surface area contributed by atoms with E-state index in [0.29, 0.717) is 5.75 Å². The minimum atomic E-state index is 0.176. The Kier molecular flexibility index (Phi) is 5.23. The van der Waals surface area contributed by atoms with E-state index in [1.807, 2.05) is 18.7 Å². The summed E-state index contributed by atoms with van der Waals surface area (Å²) in [6.45, 7) is 9.66. The van der Waals surface area contributed by atoms with Gasteiger partial charge in [-0.2, -0.15) is 0 Å². The summed E-state index contributed by atoms with van der Waals surface area (Å²) in [5, 5.41) is 2.10. The molecule has 1 aromatic carbocycles. The van der Waals surface area contributed by atoms with Gasteiger partial charge in [0.05, 0.1) is 11.3 Å². The van der Waals surface area contributed by atoms with Crippen LogP contribution >= 0.6 is 11.8 Å². The Balaban J connectivity index is 2.18. The summed E-state index contributed by atoms with van der Waals surface area (Å²) in [6, 6.07) is 8.43. The van der Waals surface area contributed by atoms with Gasteiger partial charge in [-0.25, -0.2) is 4.98 Å². The lowest BCUT2D eigenvalue weighted by atomic mass is 10.1. The molecule has 0 unspecified atom stereocenters. The summed E-state index contributed by atoms with van der Waals surface area (Å²) >= 11 is 1.53. The number of benzene rings is 1. The van der Waals surface area contributed by atoms with Gasteiger partial charge in [-0.15, -0.1) is 0 Å². The van der Waals surface area contributed by atoms with Crippen LogP contribution in [0.3, 0.4) is 0 Å². The maximum absolute atomic E-state index is 12.1. The lowest BCUT2D eigenvalue weighted by Crippen LogP contribution is -2.31. The summed E-state index contributed by atoms with van der Waals surface area (Å²) in [5.41, 5.74) is 3.33. The summed E-state index contributed by atoms with van der Waals surface area (Å²) in [7, 11) is 0. The molecule has 0 N–H and O–H groups in total. The molecular formula is C17H22N2OS. The first-order chi connectivity index (χ1) is 10.0. The average Bonchev–Trinajstić information content (AvgIpc) is 2.46. The Bertz CT molecular complexity index is 651. The van der Waals surface area contributed by atoms with Crippen molar-refractivity contribution in [2.24, 2.45) is 0 Å². The third kappa shape index (κ3) is 3.76. The van der Waals surface area contributed by atoms with Crippen molar-refractivity contribution in [1.82, 2.24) is 9.88 Å². The van der Waals surface area contributed by atoms with Gasteiger partial charge in [-0.1, -0.05) is 23.9 Å². The molecule has 0 radical (unpaired) electrons. The van der Waals surface area contributed by atoms with Gasteiger partial charge in [0.25, 0.3) is 0 Å². The lowest BCUT2D eigenvalue weighted by Gasteiger charge is -2.18. The number of thioether (sulfide) groups is 1. The van der Waals surface area contributed by atoms with Crippen LogP contribution in [0.4, 0.5) is 0 Å². The van der Waals surface area contributed by atoms with Crippen molar-refractivity contribution in [3.05, 3.63) is 35.4 Å². The van der Waals surface area contributed by atoms with Crippen molar-refractivity contribution in [3.8, 4) is 0 Å². The number of amides is 1. The highest BCUT2D eigenvalue weighted by molar-refractivity contribution is 7.99. The number of nitrogens with zero attached hydrogens (tertiary/aromatic N) is 2. The normalized spacial score (nSPS) is 10.9. The molecule has 4 heteroatoms. The molecule has 112 valence electrons. The second-order valence-corrected chi connectivity index (χ2v) is 6.13. The highest BCUT2D eigenvalue weighted by atomic mass is 32.2. The lowest BCUT2D eigenvalue weighted by molar-refractivity contribution is -0.127. The average molecular weight is 302 g/mol. The van der Waals surface area contributed by atoms with Crippen molar-refractivity contribution >= 4 is 28.6 Å². The highest BCUT2D eigenvalue weighted by Gasteiger charge is 2.12. The second-order valence-electron chi connectivity index (χ2n) is 5.16. The number of hydrogen-bond donors (Lipinski definition) is 0. The largest absolute Gasteiger partial charge is 0.343 e.